The van der Waals surface area contributed by atoms with Crippen molar-refractivity contribution in [2.75, 3.05) is 23.0 Å². The van der Waals surface area contributed by atoms with Crippen molar-refractivity contribution in [3.8, 4) is 16.1 Å². The van der Waals surface area contributed by atoms with Gasteiger partial charge in [0.1, 0.15) is 4.70 Å². The van der Waals surface area contributed by atoms with Crippen LogP contribution in [0.25, 0.3) is 53.4 Å². The van der Waals surface area contributed by atoms with E-state index in [0.29, 0.717) is 13.1 Å². The fourth-order valence-corrected chi connectivity index (χ4v) is 10.9. The molecule has 0 bridgehead atoms. The van der Waals surface area contributed by atoms with Crippen LogP contribution >= 0.6 is 34.4 Å². The van der Waals surface area contributed by atoms with Gasteiger partial charge in [-0.25, -0.2) is 0 Å². The number of thioether (sulfide) groups is 1. The average Bonchev–Trinajstić information content (AvgIpc) is 3.87. The number of aryl methyl sites for hydroxylation is 1. The Hall–Kier alpha value is -4.02. The van der Waals surface area contributed by atoms with Gasteiger partial charge in [-0.2, -0.15) is 21.4 Å². The molecule has 51 heavy (non-hydrogen) atoms. The standard InChI is InChI=1S/C37H31N3O6S5/c41-50(42,43)19-5-16-39-30-21-27(35-22-26-8-2-4-10-32(26)47-35)11-13-33(30)48-36(39)24-37-40(17-6-20-51(44,45)46)31-23-28(12-14-34(31)49-37)38-18-15-25-7-1-3-9-29(25)38/h1-4,7-15,18,21-24H,5-6,16-17,19-20H2,(H-,41,42,43,44,45,46)/p+1. The lowest BCUT2D eigenvalue weighted by Gasteiger charge is -2.20. The Morgan fingerprint density at radius 2 is 1.51 bits per heavy atom. The molecule has 0 unspecified atom stereocenters. The highest BCUT2D eigenvalue weighted by molar-refractivity contribution is 8.04. The first-order chi connectivity index (χ1) is 24.5. The quantitative estimate of drug-likeness (QED) is 0.0993. The van der Waals surface area contributed by atoms with E-state index in [4.69, 9.17) is 0 Å². The third-order valence-electron chi connectivity index (χ3n) is 8.85. The predicted octanol–water partition coefficient (Wildman–Crippen LogP) is 8.48. The number of hydrogen-bond acceptors (Lipinski definition) is 8. The zero-order valence-electron chi connectivity index (χ0n) is 27.0. The molecule has 3 aromatic heterocycles. The van der Waals surface area contributed by atoms with Crippen molar-refractivity contribution < 1.29 is 30.5 Å². The molecule has 260 valence electrons. The van der Waals surface area contributed by atoms with Crippen LogP contribution in [-0.4, -0.2) is 48.6 Å². The van der Waals surface area contributed by atoms with Gasteiger partial charge in [0.05, 0.1) is 33.8 Å². The molecule has 0 radical (unpaired) electrons. The molecule has 4 heterocycles. The van der Waals surface area contributed by atoms with Gasteiger partial charge in [0.2, 0.25) is 5.52 Å². The fourth-order valence-electron chi connectivity index (χ4n) is 6.52. The molecule has 1 aliphatic rings. The highest BCUT2D eigenvalue weighted by Gasteiger charge is 2.29. The lowest BCUT2D eigenvalue weighted by molar-refractivity contribution is -0.668. The third-order valence-corrected chi connectivity index (χ3v) is 13.8. The van der Waals surface area contributed by atoms with Crippen molar-refractivity contribution in [3.63, 3.8) is 0 Å². The SMILES string of the molecule is O=S(=O)(O)CCCN1C(=Cc2sc3ccc(-c4cc5ccccc5s4)cc3[n+]2CCCS(=O)(=O)O)Sc2ccc(-n3ccc4ccccc43)cc21. The summed E-state index contributed by atoms with van der Waals surface area (Å²) >= 11 is 4.89. The number of anilines is 1. The van der Waals surface area contributed by atoms with Crippen LogP contribution in [0.5, 0.6) is 0 Å². The van der Waals surface area contributed by atoms with Gasteiger partial charge in [-0.15, -0.1) is 11.3 Å². The number of para-hydroxylation sites is 1. The highest BCUT2D eigenvalue weighted by atomic mass is 32.2. The smallest absolute Gasteiger partial charge is 0.265 e. The van der Waals surface area contributed by atoms with Crippen LogP contribution in [0.4, 0.5) is 5.69 Å². The Kier molecular flexibility index (Phi) is 9.03. The van der Waals surface area contributed by atoms with Crippen LogP contribution in [-0.2, 0) is 26.8 Å². The Balaban J connectivity index is 1.21. The van der Waals surface area contributed by atoms with E-state index in [1.165, 1.54) is 10.1 Å². The Morgan fingerprint density at radius 3 is 2.31 bits per heavy atom. The third kappa shape index (κ3) is 7.22. The van der Waals surface area contributed by atoms with Gasteiger partial charge in [0, 0.05) is 45.4 Å². The largest absolute Gasteiger partial charge is 0.335 e. The molecule has 0 fully saturated rings. The Labute approximate surface area is 307 Å². The molecule has 9 nitrogen and oxygen atoms in total. The van der Waals surface area contributed by atoms with E-state index in [1.807, 2.05) is 30.5 Å². The number of thiophene rings is 1. The summed E-state index contributed by atoms with van der Waals surface area (Å²) in [7, 11) is -8.29. The molecule has 0 saturated heterocycles. The predicted molar refractivity (Wildman–Crippen MR) is 209 cm³/mol. The van der Waals surface area contributed by atoms with Crippen LogP contribution in [0.2, 0.25) is 0 Å². The number of hydrogen-bond donors (Lipinski definition) is 2. The fraction of sp³-hybridized carbons (Fsp3) is 0.162. The minimum Gasteiger partial charge on any atom is -0.335 e. The lowest BCUT2D eigenvalue weighted by atomic mass is 10.1. The molecule has 2 N–H and O–H groups in total. The van der Waals surface area contributed by atoms with Crippen LogP contribution in [0.1, 0.15) is 17.8 Å². The van der Waals surface area contributed by atoms with Crippen LogP contribution in [0.15, 0.2) is 113 Å². The first-order valence-electron chi connectivity index (χ1n) is 16.2. The summed E-state index contributed by atoms with van der Waals surface area (Å²) in [5.41, 5.74) is 4.99. The number of aromatic nitrogens is 2. The van der Waals surface area contributed by atoms with Crippen molar-refractivity contribution in [1.29, 1.82) is 0 Å². The van der Waals surface area contributed by atoms with E-state index in [0.717, 1.165) is 57.9 Å². The molecule has 0 spiro atoms. The highest BCUT2D eigenvalue weighted by Crippen LogP contribution is 2.48. The topological polar surface area (TPSA) is 121 Å². The molecule has 7 aromatic rings. The van der Waals surface area contributed by atoms with Gasteiger partial charge >= 0.3 is 0 Å². The van der Waals surface area contributed by atoms with E-state index in [1.54, 1.807) is 34.4 Å². The second-order valence-electron chi connectivity index (χ2n) is 12.3. The van der Waals surface area contributed by atoms with Gasteiger partial charge in [0.25, 0.3) is 25.2 Å². The number of rotatable bonds is 11. The first kappa shape index (κ1) is 34.1. The molecule has 14 heteroatoms. The molecule has 0 saturated carbocycles. The molecule has 8 rings (SSSR count). The number of thiazole rings is 1. The van der Waals surface area contributed by atoms with Gasteiger partial charge < -0.3 is 9.47 Å². The second-order valence-corrected chi connectivity index (χ2v) is 18.7. The van der Waals surface area contributed by atoms with Crippen LogP contribution in [0, 0.1) is 0 Å². The molecular formula is C37H32N3O6S5+. The van der Waals surface area contributed by atoms with Crippen molar-refractivity contribution in [3.05, 3.63) is 113 Å². The summed E-state index contributed by atoms with van der Waals surface area (Å²) in [4.78, 5) is 4.24. The molecule has 0 atom stereocenters. The van der Waals surface area contributed by atoms with E-state index in [-0.39, 0.29) is 24.3 Å². The Morgan fingerprint density at radius 1 is 0.745 bits per heavy atom. The summed E-state index contributed by atoms with van der Waals surface area (Å²) in [6.45, 7) is 0.714. The molecule has 4 aromatic carbocycles. The lowest BCUT2D eigenvalue weighted by Crippen LogP contribution is -2.36. The van der Waals surface area contributed by atoms with E-state index in [2.05, 4.69) is 92.9 Å². The van der Waals surface area contributed by atoms with Gasteiger partial charge in [-0.3, -0.25) is 9.11 Å². The maximum absolute atomic E-state index is 11.7. The van der Waals surface area contributed by atoms with E-state index < -0.39 is 20.2 Å². The Bertz CT molecular complexity index is 2680. The van der Waals surface area contributed by atoms with Crippen LogP contribution < -0.4 is 9.47 Å². The summed E-state index contributed by atoms with van der Waals surface area (Å²) in [5, 5.41) is 4.07. The molecule has 1 aliphatic heterocycles. The van der Waals surface area contributed by atoms with E-state index in [9.17, 15) is 25.9 Å². The average molecular weight is 775 g/mol. The minimum absolute atomic E-state index is 0.214. The maximum atomic E-state index is 11.7. The molecular weight excluding hydrogens is 743 g/mol. The van der Waals surface area contributed by atoms with Crippen molar-refractivity contribution >= 4 is 97.6 Å². The minimum atomic E-state index is -4.15. The van der Waals surface area contributed by atoms with Crippen LogP contribution in [0.3, 0.4) is 0 Å². The van der Waals surface area contributed by atoms with Crippen molar-refractivity contribution in [2.45, 2.75) is 24.3 Å². The van der Waals surface area contributed by atoms with Gasteiger partial charge in [-0.1, -0.05) is 65.6 Å². The first-order valence-corrected chi connectivity index (χ1v) is 21.9. The summed E-state index contributed by atoms with van der Waals surface area (Å²) in [5.74, 6) is -0.722. The van der Waals surface area contributed by atoms with Crippen molar-refractivity contribution in [2.24, 2.45) is 0 Å². The van der Waals surface area contributed by atoms with Crippen molar-refractivity contribution in [1.82, 2.24) is 4.57 Å². The second kappa shape index (κ2) is 13.5. The summed E-state index contributed by atoms with van der Waals surface area (Å²) in [6, 6.07) is 33.3. The number of benzene rings is 4. The molecule has 0 amide bonds. The molecule has 0 aliphatic carbocycles. The van der Waals surface area contributed by atoms with Gasteiger partial charge in [-0.05, 0) is 71.3 Å². The normalized spacial score (nSPS) is 14.4. The zero-order valence-corrected chi connectivity index (χ0v) is 31.1. The monoisotopic (exact) mass is 774 g/mol. The zero-order chi connectivity index (χ0) is 35.3. The van der Waals surface area contributed by atoms with Gasteiger partial charge in [0.15, 0.2) is 6.54 Å². The summed E-state index contributed by atoms with van der Waals surface area (Å²) in [6.07, 6.45) is 4.54. The summed E-state index contributed by atoms with van der Waals surface area (Å²) < 4.78 is 72.3. The maximum Gasteiger partial charge on any atom is 0.265 e. The number of nitrogens with zero attached hydrogens (tertiary/aromatic N) is 3. The van der Waals surface area contributed by atoms with E-state index >= 15 is 0 Å². The number of fused-ring (bicyclic) bond motifs is 4.